The van der Waals surface area contributed by atoms with Crippen LogP contribution in [0.3, 0.4) is 0 Å². The number of hydrogen-bond acceptors (Lipinski definition) is 5. The molecule has 1 saturated carbocycles. The van der Waals surface area contributed by atoms with E-state index in [9.17, 15) is 9.59 Å². The van der Waals surface area contributed by atoms with Gasteiger partial charge in [0.1, 0.15) is 5.75 Å². The highest BCUT2D eigenvalue weighted by Gasteiger charge is 2.18. The predicted molar refractivity (Wildman–Crippen MR) is 103 cm³/mol. The molecule has 138 valence electrons. The highest BCUT2D eigenvalue weighted by Crippen LogP contribution is 2.26. The number of halogens is 1. The minimum Gasteiger partial charge on any atom is -0.495 e. The number of carbonyl (C=O) groups is 1. The summed E-state index contributed by atoms with van der Waals surface area (Å²) < 4.78 is 6.58. The summed E-state index contributed by atoms with van der Waals surface area (Å²) in [5.41, 5.74) is 0.327. The average Bonchev–Trinajstić information content (AvgIpc) is 3.13. The number of nitrogens with one attached hydrogen (secondary N) is 1. The zero-order valence-corrected chi connectivity index (χ0v) is 16.0. The van der Waals surface area contributed by atoms with Crippen molar-refractivity contribution in [2.75, 3.05) is 12.9 Å². The van der Waals surface area contributed by atoms with E-state index in [4.69, 9.17) is 16.3 Å². The van der Waals surface area contributed by atoms with Crippen LogP contribution in [0.15, 0.2) is 40.4 Å². The molecule has 1 aliphatic carbocycles. The summed E-state index contributed by atoms with van der Waals surface area (Å²) in [6.45, 7) is 0. The third-order valence-electron chi connectivity index (χ3n) is 4.28. The molecular weight excluding hydrogens is 374 g/mol. The molecule has 0 bridgehead atoms. The molecule has 0 spiro atoms. The number of thioether (sulfide) groups is 1. The maximum absolute atomic E-state index is 12.7. The largest absolute Gasteiger partial charge is 0.495 e. The van der Waals surface area contributed by atoms with E-state index < -0.39 is 0 Å². The molecule has 0 unspecified atom stereocenters. The SMILES string of the molecule is COc1ccc(-n2ccnc(SCC(=O)NC3CCCC3)c2=O)cc1Cl. The van der Waals surface area contributed by atoms with E-state index in [2.05, 4.69) is 10.3 Å². The lowest BCUT2D eigenvalue weighted by Crippen LogP contribution is -2.34. The third-order valence-corrected chi connectivity index (χ3v) is 5.54. The van der Waals surface area contributed by atoms with Gasteiger partial charge in [0.15, 0.2) is 5.03 Å². The Balaban J connectivity index is 1.71. The molecule has 6 nitrogen and oxygen atoms in total. The molecule has 1 aliphatic rings. The topological polar surface area (TPSA) is 73.2 Å². The van der Waals surface area contributed by atoms with Gasteiger partial charge >= 0.3 is 0 Å². The molecule has 26 heavy (non-hydrogen) atoms. The molecule has 0 radical (unpaired) electrons. The van der Waals surface area contributed by atoms with E-state index in [0.29, 0.717) is 16.5 Å². The Labute approximate surface area is 160 Å². The lowest BCUT2D eigenvalue weighted by atomic mass is 10.2. The maximum Gasteiger partial charge on any atom is 0.287 e. The van der Waals surface area contributed by atoms with Crippen molar-refractivity contribution in [3.63, 3.8) is 0 Å². The van der Waals surface area contributed by atoms with Crippen LogP contribution in [-0.4, -0.2) is 34.4 Å². The summed E-state index contributed by atoms with van der Waals surface area (Å²) in [4.78, 5) is 28.8. The Morgan fingerprint density at radius 2 is 2.19 bits per heavy atom. The normalized spacial score (nSPS) is 14.4. The van der Waals surface area contributed by atoms with Crippen LogP contribution in [0, 0.1) is 0 Å². The molecule has 2 aromatic rings. The summed E-state index contributed by atoms with van der Waals surface area (Å²) in [6, 6.07) is 5.37. The number of nitrogens with zero attached hydrogens (tertiary/aromatic N) is 2. The van der Waals surface area contributed by atoms with Crippen LogP contribution >= 0.6 is 23.4 Å². The van der Waals surface area contributed by atoms with Crippen LogP contribution in [-0.2, 0) is 4.79 Å². The van der Waals surface area contributed by atoms with Crippen molar-refractivity contribution in [2.45, 2.75) is 36.8 Å². The molecular formula is C18H20ClN3O3S. The quantitative estimate of drug-likeness (QED) is 0.763. The van der Waals surface area contributed by atoms with Crippen molar-refractivity contribution in [3.8, 4) is 11.4 Å². The van der Waals surface area contributed by atoms with E-state index in [0.717, 1.165) is 37.4 Å². The predicted octanol–water partition coefficient (Wildman–Crippen LogP) is 3.05. The number of amides is 1. The first-order valence-electron chi connectivity index (χ1n) is 8.42. The van der Waals surface area contributed by atoms with Gasteiger partial charge in [0.25, 0.3) is 5.56 Å². The van der Waals surface area contributed by atoms with Crippen molar-refractivity contribution in [1.29, 1.82) is 0 Å². The van der Waals surface area contributed by atoms with E-state index >= 15 is 0 Å². The van der Waals surface area contributed by atoms with Crippen LogP contribution in [0.4, 0.5) is 0 Å². The number of methoxy groups -OCH3 is 1. The molecule has 8 heteroatoms. The number of hydrogen-bond donors (Lipinski definition) is 1. The fraction of sp³-hybridized carbons (Fsp3) is 0.389. The van der Waals surface area contributed by atoms with Gasteiger partial charge in [-0.25, -0.2) is 4.98 Å². The van der Waals surface area contributed by atoms with Crippen LogP contribution < -0.4 is 15.6 Å². The second kappa shape index (κ2) is 8.60. The highest BCUT2D eigenvalue weighted by molar-refractivity contribution is 7.99. The Bertz CT molecular complexity index is 850. The van der Waals surface area contributed by atoms with Crippen molar-refractivity contribution in [2.24, 2.45) is 0 Å². The van der Waals surface area contributed by atoms with Crippen molar-refractivity contribution >= 4 is 29.3 Å². The molecule has 0 saturated heterocycles. The van der Waals surface area contributed by atoms with Gasteiger partial charge in [0, 0.05) is 18.4 Å². The Morgan fingerprint density at radius 3 is 2.88 bits per heavy atom. The van der Waals surface area contributed by atoms with Gasteiger partial charge in [0.2, 0.25) is 5.91 Å². The number of benzene rings is 1. The van der Waals surface area contributed by atoms with Gasteiger partial charge in [-0.2, -0.15) is 0 Å². The van der Waals surface area contributed by atoms with E-state index in [1.165, 1.54) is 17.9 Å². The van der Waals surface area contributed by atoms with Gasteiger partial charge < -0.3 is 10.1 Å². The fourth-order valence-electron chi connectivity index (χ4n) is 2.97. The summed E-state index contributed by atoms with van der Waals surface area (Å²) in [5.74, 6) is 0.647. The molecule has 1 amide bonds. The van der Waals surface area contributed by atoms with E-state index in [-0.39, 0.29) is 28.3 Å². The molecule has 1 fully saturated rings. The van der Waals surface area contributed by atoms with Gasteiger partial charge in [-0.05, 0) is 31.0 Å². The van der Waals surface area contributed by atoms with Crippen molar-refractivity contribution in [1.82, 2.24) is 14.9 Å². The van der Waals surface area contributed by atoms with Gasteiger partial charge in [-0.1, -0.05) is 36.2 Å². The first-order chi connectivity index (χ1) is 12.6. The number of ether oxygens (including phenoxy) is 1. The average molecular weight is 394 g/mol. The van der Waals surface area contributed by atoms with Gasteiger partial charge in [-0.15, -0.1) is 0 Å². The molecule has 1 heterocycles. The Morgan fingerprint density at radius 1 is 1.42 bits per heavy atom. The van der Waals surface area contributed by atoms with Crippen molar-refractivity contribution in [3.05, 3.63) is 46.0 Å². The smallest absolute Gasteiger partial charge is 0.287 e. The Kier molecular flexibility index (Phi) is 6.21. The minimum absolute atomic E-state index is 0.0639. The second-order valence-corrected chi connectivity index (χ2v) is 7.44. The molecule has 3 rings (SSSR count). The van der Waals surface area contributed by atoms with Gasteiger partial charge in [0.05, 0.1) is 23.6 Å². The van der Waals surface area contributed by atoms with E-state index in [1.807, 2.05) is 0 Å². The standard InChI is InChI=1S/C18H20ClN3O3S/c1-25-15-7-6-13(10-14(15)19)22-9-8-20-17(18(22)24)26-11-16(23)21-12-4-2-3-5-12/h6-10,12H,2-5,11H2,1H3,(H,21,23). The first kappa shape index (κ1) is 18.8. The number of carbonyl (C=O) groups excluding carboxylic acids is 1. The molecule has 1 aromatic heterocycles. The first-order valence-corrected chi connectivity index (χ1v) is 9.78. The fourth-order valence-corrected chi connectivity index (χ4v) is 3.93. The zero-order valence-electron chi connectivity index (χ0n) is 14.4. The molecule has 1 aromatic carbocycles. The summed E-state index contributed by atoms with van der Waals surface area (Å²) >= 11 is 7.29. The molecule has 0 atom stereocenters. The Hall–Kier alpha value is -1.99. The second-order valence-electron chi connectivity index (χ2n) is 6.06. The third kappa shape index (κ3) is 4.40. The minimum atomic E-state index is -0.285. The van der Waals surface area contributed by atoms with Crippen LogP contribution in [0.5, 0.6) is 5.75 Å². The van der Waals surface area contributed by atoms with Gasteiger partial charge in [-0.3, -0.25) is 14.2 Å². The molecule has 0 aliphatic heterocycles. The highest BCUT2D eigenvalue weighted by atomic mass is 35.5. The summed E-state index contributed by atoms with van der Waals surface area (Å²) in [6.07, 6.45) is 7.50. The summed E-state index contributed by atoms with van der Waals surface area (Å²) in [5, 5.41) is 3.70. The number of aromatic nitrogens is 2. The van der Waals surface area contributed by atoms with Crippen molar-refractivity contribution < 1.29 is 9.53 Å². The van der Waals surface area contributed by atoms with Crippen LogP contribution in [0.2, 0.25) is 5.02 Å². The maximum atomic E-state index is 12.7. The lowest BCUT2D eigenvalue weighted by Gasteiger charge is -2.12. The number of rotatable bonds is 6. The van der Waals surface area contributed by atoms with Crippen LogP contribution in [0.1, 0.15) is 25.7 Å². The zero-order chi connectivity index (χ0) is 18.5. The lowest BCUT2D eigenvalue weighted by molar-refractivity contribution is -0.119. The monoisotopic (exact) mass is 393 g/mol. The summed E-state index contributed by atoms with van der Waals surface area (Å²) in [7, 11) is 1.53. The molecule has 1 N–H and O–H groups in total. The van der Waals surface area contributed by atoms with Crippen LogP contribution in [0.25, 0.3) is 5.69 Å². The van der Waals surface area contributed by atoms with E-state index in [1.54, 1.807) is 24.4 Å².